The molecule has 0 aromatic carbocycles. The van der Waals surface area contributed by atoms with Crippen LogP contribution in [-0.2, 0) is 4.79 Å². The first kappa shape index (κ1) is 13.9. The Hall–Kier alpha value is -2.05. The number of amides is 2. The van der Waals surface area contributed by atoms with Gasteiger partial charge in [-0.25, -0.2) is 0 Å². The molecule has 1 heterocycles. The molecular weight excluding hydrogens is 270 g/mol. The van der Waals surface area contributed by atoms with Crippen LogP contribution < -0.4 is 11.5 Å². The van der Waals surface area contributed by atoms with Crippen molar-refractivity contribution < 1.29 is 9.59 Å². The molecule has 0 spiro atoms. The molecule has 0 atom stereocenters. The third kappa shape index (κ3) is 2.72. The minimum atomic E-state index is -0.508. The van der Waals surface area contributed by atoms with Crippen molar-refractivity contribution in [3.63, 3.8) is 0 Å². The molecule has 3 rings (SSSR count). The van der Waals surface area contributed by atoms with Crippen LogP contribution in [0.15, 0.2) is 0 Å². The molecule has 0 unspecified atom stereocenters. The Morgan fingerprint density at radius 1 is 1.24 bits per heavy atom. The third-order valence-corrected chi connectivity index (χ3v) is 4.37. The highest BCUT2D eigenvalue weighted by molar-refractivity contribution is 5.99. The Balaban J connectivity index is 1.83. The summed E-state index contributed by atoms with van der Waals surface area (Å²) in [5.41, 5.74) is 12.8. The number of hydrogen-bond donors (Lipinski definition) is 3. The molecule has 7 nitrogen and oxygen atoms in total. The lowest BCUT2D eigenvalue weighted by Crippen LogP contribution is -2.44. The predicted octanol–water partition coefficient (Wildman–Crippen LogP) is 0.739. The van der Waals surface area contributed by atoms with Gasteiger partial charge in [0.05, 0.1) is 17.9 Å². The van der Waals surface area contributed by atoms with Gasteiger partial charge in [0.15, 0.2) is 5.69 Å². The summed E-state index contributed by atoms with van der Waals surface area (Å²) >= 11 is 0. The number of aromatic amines is 1. The fourth-order valence-electron chi connectivity index (χ4n) is 3.10. The molecule has 0 radical (unpaired) electrons. The minimum Gasteiger partial charge on any atom is -0.395 e. The number of carbonyl (C=O) groups is 2. The Kier molecular flexibility index (Phi) is 3.57. The van der Waals surface area contributed by atoms with Gasteiger partial charge >= 0.3 is 0 Å². The standard InChI is InChI=1S/C14H21N5O2/c15-10(20)7-19(9-3-1-2-4-9)14(21)13-11(16)12(17-18-13)8-5-6-8/h8-9H,1-7,16H2,(H2,15,20)(H,17,18). The average molecular weight is 291 g/mol. The maximum Gasteiger partial charge on any atom is 0.277 e. The lowest BCUT2D eigenvalue weighted by atomic mass is 10.1. The smallest absolute Gasteiger partial charge is 0.277 e. The van der Waals surface area contributed by atoms with E-state index in [2.05, 4.69) is 10.2 Å². The number of carbonyl (C=O) groups excluding carboxylic acids is 2. The molecule has 114 valence electrons. The van der Waals surface area contributed by atoms with Gasteiger partial charge in [0.2, 0.25) is 5.91 Å². The number of anilines is 1. The quantitative estimate of drug-likeness (QED) is 0.741. The van der Waals surface area contributed by atoms with Gasteiger partial charge in [0, 0.05) is 12.0 Å². The van der Waals surface area contributed by atoms with Crippen molar-refractivity contribution in [2.45, 2.75) is 50.5 Å². The summed E-state index contributed by atoms with van der Waals surface area (Å²) in [6, 6.07) is 0.0606. The lowest BCUT2D eigenvalue weighted by molar-refractivity contribution is -0.119. The molecule has 0 aliphatic heterocycles. The van der Waals surface area contributed by atoms with Gasteiger partial charge in [0.25, 0.3) is 5.91 Å². The fraction of sp³-hybridized carbons (Fsp3) is 0.643. The monoisotopic (exact) mass is 291 g/mol. The number of nitrogens with zero attached hydrogens (tertiary/aromatic N) is 2. The summed E-state index contributed by atoms with van der Waals surface area (Å²) in [4.78, 5) is 25.5. The molecule has 5 N–H and O–H groups in total. The van der Waals surface area contributed by atoms with Crippen LogP contribution in [0, 0.1) is 0 Å². The SMILES string of the molecule is NC(=O)CN(C(=O)c1n[nH]c(C2CC2)c1N)C1CCCC1. The van der Waals surface area contributed by atoms with Crippen LogP contribution in [0.25, 0.3) is 0 Å². The highest BCUT2D eigenvalue weighted by Gasteiger charge is 2.34. The molecule has 2 saturated carbocycles. The maximum absolute atomic E-state index is 12.7. The summed E-state index contributed by atoms with van der Waals surface area (Å²) in [5.74, 6) is -0.400. The second-order valence-electron chi connectivity index (χ2n) is 6.01. The number of hydrogen-bond acceptors (Lipinski definition) is 4. The zero-order valence-electron chi connectivity index (χ0n) is 12.0. The van der Waals surface area contributed by atoms with E-state index < -0.39 is 5.91 Å². The van der Waals surface area contributed by atoms with Gasteiger partial charge < -0.3 is 16.4 Å². The van der Waals surface area contributed by atoms with Crippen LogP contribution in [0.3, 0.4) is 0 Å². The first-order valence-electron chi connectivity index (χ1n) is 7.51. The molecule has 1 aromatic heterocycles. The normalized spacial score (nSPS) is 18.9. The van der Waals surface area contributed by atoms with E-state index in [0.717, 1.165) is 44.2 Å². The number of nitrogens with two attached hydrogens (primary N) is 2. The van der Waals surface area contributed by atoms with E-state index in [0.29, 0.717) is 11.6 Å². The first-order chi connectivity index (χ1) is 10.1. The van der Waals surface area contributed by atoms with Crippen molar-refractivity contribution in [1.29, 1.82) is 0 Å². The van der Waals surface area contributed by atoms with Gasteiger partial charge in [0.1, 0.15) is 0 Å². The van der Waals surface area contributed by atoms with Crippen molar-refractivity contribution >= 4 is 17.5 Å². The molecule has 7 heteroatoms. The average Bonchev–Trinajstić information content (AvgIpc) is 2.99. The summed E-state index contributed by atoms with van der Waals surface area (Å²) in [5, 5.41) is 6.96. The number of rotatable bonds is 5. The van der Waals surface area contributed by atoms with E-state index in [1.807, 2.05) is 0 Å². The maximum atomic E-state index is 12.7. The molecule has 2 aliphatic rings. The highest BCUT2D eigenvalue weighted by atomic mass is 16.2. The molecule has 2 aliphatic carbocycles. The zero-order chi connectivity index (χ0) is 15.0. The lowest BCUT2D eigenvalue weighted by Gasteiger charge is -2.27. The molecule has 2 amide bonds. The Morgan fingerprint density at radius 2 is 1.90 bits per heavy atom. The molecule has 0 saturated heterocycles. The van der Waals surface area contributed by atoms with E-state index in [1.54, 1.807) is 4.90 Å². The summed E-state index contributed by atoms with van der Waals surface area (Å²) in [6.07, 6.45) is 6.09. The van der Waals surface area contributed by atoms with Crippen molar-refractivity contribution in [1.82, 2.24) is 15.1 Å². The van der Waals surface area contributed by atoms with Crippen LogP contribution in [0.4, 0.5) is 5.69 Å². The number of nitrogens with one attached hydrogen (secondary N) is 1. The number of H-pyrrole nitrogens is 1. The second kappa shape index (κ2) is 5.38. The molecule has 0 bridgehead atoms. The van der Waals surface area contributed by atoms with Crippen molar-refractivity contribution in [3.05, 3.63) is 11.4 Å². The molecule has 1 aromatic rings. The molecule has 2 fully saturated rings. The van der Waals surface area contributed by atoms with Gasteiger partial charge in [-0.1, -0.05) is 12.8 Å². The first-order valence-corrected chi connectivity index (χ1v) is 7.51. The number of primary amides is 1. The van der Waals surface area contributed by atoms with Crippen LogP contribution in [0.1, 0.15) is 60.6 Å². The van der Waals surface area contributed by atoms with E-state index in [9.17, 15) is 9.59 Å². The number of aromatic nitrogens is 2. The van der Waals surface area contributed by atoms with Gasteiger partial charge in [-0.2, -0.15) is 5.10 Å². The van der Waals surface area contributed by atoms with Gasteiger partial charge in [-0.3, -0.25) is 14.7 Å². The van der Waals surface area contributed by atoms with Crippen molar-refractivity contribution in [2.75, 3.05) is 12.3 Å². The summed E-state index contributed by atoms with van der Waals surface area (Å²) < 4.78 is 0. The van der Waals surface area contributed by atoms with E-state index in [-0.39, 0.29) is 24.2 Å². The third-order valence-electron chi connectivity index (χ3n) is 4.37. The fourth-order valence-corrected chi connectivity index (χ4v) is 3.10. The number of nitrogen functional groups attached to an aromatic ring is 1. The van der Waals surface area contributed by atoms with E-state index in [4.69, 9.17) is 11.5 Å². The van der Waals surface area contributed by atoms with E-state index in [1.165, 1.54) is 0 Å². The van der Waals surface area contributed by atoms with Crippen molar-refractivity contribution in [2.24, 2.45) is 5.73 Å². The Labute approximate surface area is 123 Å². The van der Waals surface area contributed by atoms with Crippen LogP contribution in [0.2, 0.25) is 0 Å². The molecule has 21 heavy (non-hydrogen) atoms. The summed E-state index contributed by atoms with van der Waals surface area (Å²) in [7, 11) is 0. The highest BCUT2D eigenvalue weighted by Crippen LogP contribution is 2.42. The van der Waals surface area contributed by atoms with Gasteiger partial charge in [-0.15, -0.1) is 0 Å². The topological polar surface area (TPSA) is 118 Å². The molecular formula is C14H21N5O2. The van der Waals surface area contributed by atoms with Crippen LogP contribution in [-0.4, -0.2) is 39.5 Å². The zero-order valence-corrected chi connectivity index (χ0v) is 12.0. The van der Waals surface area contributed by atoms with Crippen LogP contribution >= 0.6 is 0 Å². The second-order valence-corrected chi connectivity index (χ2v) is 6.01. The van der Waals surface area contributed by atoms with Crippen molar-refractivity contribution in [3.8, 4) is 0 Å². The van der Waals surface area contributed by atoms with Crippen LogP contribution in [0.5, 0.6) is 0 Å². The van der Waals surface area contributed by atoms with Gasteiger partial charge in [-0.05, 0) is 25.7 Å². The van der Waals surface area contributed by atoms with E-state index >= 15 is 0 Å². The Morgan fingerprint density at radius 3 is 2.48 bits per heavy atom. The summed E-state index contributed by atoms with van der Waals surface area (Å²) in [6.45, 7) is -0.0748. The Bertz CT molecular complexity index is 558. The minimum absolute atomic E-state index is 0.0606. The predicted molar refractivity (Wildman–Crippen MR) is 77.5 cm³/mol. The largest absolute Gasteiger partial charge is 0.395 e.